The number of hydrogen-bond acceptors (Lipinski definition) is 2. The molecule has 0 heterocycles. The topological polar surface area (TPSA) is 37.3 Å². The van der Waals surface area contributed by atoms with Crippen molar-refractivity contribution in [2.75, 3.05) is 0 Å². The minimum absolute atomic E-state index is 0.0167. The third-order valence-electron chi connectivity index (χ3n) is 1.90. The summed E-state index contributed by atoms with van der Waals surface area (Å²) in [5.41, 5.74) is 0.906. The molecule has 0 spiro atoms. The second-order valence-electron chi connectivity index (χ2n) is 3.54. The van der Waals surface area contributed by atoms with Gasteiger partial charge < -0.3 is 5.11 Å². The van der Waals surface area contributed by atoms with E-state index in [1.165, 1.54) is 25.8 Å². The molecule has 0 radical (unpaired) electrons. The smallest absolute Gasteiger partial charge is 0.152 e. The zero-order valence-electron chi connectivity index (χ0n) is 12.2. The van der Waals surface area contributed by atoms with Crippen molar-refractivity contribution in [2.24, 2.45) is 0 Å². The lowest BCUT2D eigenvalue weighted by atomic mass is 10.2. The van der Waals surface area contributed by atoms with Crippen molar-refractivity contribution in [1.82, 2.24) is 0 Å². The lowest BCUT2D eigenvalue weighted by Crippen LogP contribution is -1.79. The van der Waals surface area contributed by atoms with E-state index >= 15 is 0 Å². The molecule has 0 aliphatic rings. The molecule has 0 saturated heterocycles. The van der Waals surface area contributed by atoms with E-state index in [1.807, 2.05) is 13.8 Å². The highest BCUT2D eigenvalue weighted by molar-refractivity contribution is 5.91. The molecule has 0 unspecified atom stereocenters. The molecule has 0 saturated carbocycles. The number of unbranched alkanes of at least 4 members (excludes halogenated alkanes) is 1. The fourth-order valence-corrected chi connectivity index (χ4v) is 0.799. The van der Waals surface area contributed by atoms with Gasteiger partial charge in [-0.25, -0.2) is 0 Å². The molecule has 1 rings (SSSR count). The molecule has 0 aliphatic carbocycles. The van der Waals surface area contributed by atoms with E-state index in [4.69, 9.17) is 5.11 Å². The van der Waals surface area contributed by atoms with E-state index in [2.05, 4.69) is 13.8 Å². The van der Waals surface area contributed by atoms with Crippen molar-refractivity contribution in [3.05, 3.63) is 35.9 Å². The van der Waals surface area contributed by atoms with Crippen LogP contribution < -0.4 is 0 Å². The Morgan fingerprint density at radius 3 is 1.89 bits per heavy atom. The number of rotatable bonds is 3. The first-order valence-corrected chi connectivity index (χ1v) is 6.57. The van der Waals surface area contributed by atoms with Crippen LogP contribution in [-0.4, -0.2) is 10.9 Å². The van der Waals surface area contributed by atoms with Gasteiger partial charge in [0.15, 0.2) is 5.78 Å². The third kappa shape index (κ3) is 12.5. The monoisotopic (exact) mass is 250 g/mol. The summed E-state index contributed by atoms with van der Waals surface area (Å²) in [4.78, 5) is 10.5. The van der Waals surface area contributed by atoms with Gasteiger partial charge in [-0.1, -0.05) is 58.7 Å². The highest BCUT2D eigenvalue weighted by Crippen LogP contribution is 2.10. The molecule has 18 heavy (non-hydrogen) atoms. The van der Waals surface area contributed by atoms with Gasteiger partial charge in [0.05, 0.1) is 0 Å². The third-order valence-corrected chi connectivity index (χ3v) is 1.90. The molecule has 0 bridgehead atoms. The molecular formula is C16H26O2. The number of aromatic hydroxyl groups is 1. The van der Waals surface area contributed by atoms with Gasteiger partial charge in [-0.05, 0) is 30.7 Å². The normalized spacial score (nSPS) is 8.94. The predicted octanol–water partition coefficient (Wildman–Crippen LogP) is 4.83. The average Bonchev–Trinajstić information content (AvgIpc) is 2.40. The minimum Gasteiger partial charge on any atom is -0.508 e. The molecule has 0 aromatic heterocycles. The van der Waals surface area contributed by atoms with E-state index in [-0.39, 0.29) is 11.5 Å². The molecule has 2 nitrogen and oxygen atoms in total. The van der Waals surface area contributed by atoms with Crippen LogP contribution in [-0.2, 0) is 4.79 Å². The van der Waals surface area contributed by atoms with Crippen molar-refractivity contribution in [1.29, 1.82) is 0 Å². The van der Waals surface area contributed by atoms with Crippen molar-refractivity contribution in [3.63, 3.8) is 0 Å². The van der Waals surface area contributed by atoms with Crippen LogP contribution in [0.5, 0.6) is 5.75 Å². The van der Waals surface area contributed by atoms with Crippen LogP contribution in [0.4, 0.5) is 0 Å². The predicted molar refractivity (Wildman–Crippen MR) is 79.8 cm³/mol. The number of allylic oxidation sites excluding steroid dienone is 1. The van der Waals surface area contributed by atoms with E-state index in [1.54, 1.807) is 30.3 Å². The highest BCUT2D eigenvalue weighted by Gasteiger charge is 1.88. The molecule has 1 aromatic rings. The van der Waals surface area contributed by atoms with Gasteiger partial charge in [0.2, 0.25) is 0 Å². The number of phenolic OH excluding ortho intramolecular Hbond substituents is 1. The molecule has 2 heteroatoms. The number of benzene rings is 1. The number of hydrogen-bond donors (Lipinski definition) is 1. The molecule has 1 N–H and O–H groups in total. The van der Waals surface area contributed by atoms with Crippen LogP contribution in [0.1, 0.15) is 53.0 Å². The van der Waals surface area contributed by atoms with Gasteiger partial charge in [-0.15, -0.1) is 0 Å². The van der Waals surface area contributed by atoms with Gasteiger partial charge in [0.25, 0.3) is 0 Å². The largest absolute Gasteiger partial charge is 0.508 e. The quantitative estimate of drug-likeness (QED) is 0.780. The van der Waals surface area contributed by atoms with Gasteiger partial charge in [0.1, 0.15) is 5.75 Å². The van der Waals surface area contributed by atoms with Crippen LogP contribution in [0.25, 0.3) is 6.08 Å². The first-order valence-electron chi connectivity index (χ1n) is 6.57. The Morgan fingerprint density at radius 2 is 1.56 bits per heavy atom. The van der Waals surface area contributed by atoms with E-state index in [0.717, 1.165) is 5.56 Å². The fourth-order valence-electron chi connectivity index (χ4n) is 0.799. The summed E-state index contributed by atoms with van der Waals surface area (Å²) in [6, 6.07) is 6.66. The number of carbonyl (C=O) groups is 1. The molecule has 0 amide bonds. The zero-order chi connectivity index (χ0) is 14.4. The Labute approximate surface area is 111 Å². The summed E-state index contributed by atoms with van der Waals surface area (Å²) < 4.78 is 0. The molecule has 0 fully saturated rings. The van der Waals surface area contributed by atoms with Crippen LogP contribution in [0.3, 0.4) is 0 Å². The first kappa shape index (κ1) is 18.8. The van der Waals surface area contributed by atoms with Gasteiger partial charge >= 0.3 is 0 Å². The van der Waals surface area contributed by atoms with Crippen molar-refractivity contribution in [2.45, 2.75) is 47.5 Å². The number of carbonyl (C=O) groups excluding carboxylic acids is 1. The van der Waals surface area contributed by atoms with Gasteiger partial charge in [-0.3, -0.25) is 4.79 Å². The summed E-state index contributed by atoms with van der Waals surface area (Å²) >= 11 is 0. The molecule has 0 atom stereocenters. The second kappa shape index (κ2) is 13.5. The van der Waals surface area contributed by atoms with Crippen molar-refractivity contribution >= 4 is 11.9 Å². The molecule has 102 valence electrons. The Kier molecular flexibility index (Phi) is 14.1. The van der Waals surface area contributed by atoms with E-state index < -0.39 is 0 Å². The second-order valence-corrected chi connectivity index (χ2v) is 3.54. The molecular weight excluding hydrogens is 224 g/mol. The zero-order valence-corrected chi connectivity index (χ0v) is 12.2. The van der Waals surface area contributed by atoms with Crippen molar-refractivity contribution in [3.8, 4) is 5.75 Å². The van der Waals surface area contributed by atoms with Crippen LogP contribution in [0.15, 0.2) is 30.3 Å². The Balaban J connectivity index is 0. The lowest BCUT2D eigenvalue weighted by molar-refractivity contribution is -0.112. The minimum atomic E-state index is 0.0167. The Morgan fingerprint density at radius 1 is 1.11 bits per heavy atom. The summed E-state index contributed by atoms with van der Waals surface area (Å²) in [5, 5.41) is 8.94. The first-order chi connectivity index (χ1) is 8.60. The summed E-state index contributed by atoms with van der Waals surface area (Å²) in [7, 11) is 0. The maximum absolute atomic E-state index is 10.5. The Hall–Kier alpha value is -1.57. The fraction of sp³-hybridized carbons (Fsp3) is 0.438. The molecule has 0 aliphatic heterocycles. The highest BCUT2D eigenvalue weighted by atomic mass is 16.3. The van der Waals surface area contributed by atoms with Crippen LogP contribution in [0.2, 0.25) is 0 Å². The summed E-state index contributed by atoms with van der Waals surface area (Å²) in [6.07, 6.45) is 5.84. The lowest BCUT2D eigenvalue weighted by Gasteiger charge is -1.92. The molecule has 1 aromatic carbocycles. The van der Waals surface area contributed by atoms with E-state index in [0.29, 0.717) is 0 Å². The summed E-state index contributed by atoms with van der Waals surface area (Å²) in [6.45, 7) is 9.86. The van der Waals surface area contributed by atoms with Crippen LogP contribution in [0, 0.1) is 0 Å². The maximum Gasteiger partial charge on any atom is 0.152 e. The standard InChI is InChI=1S/C10H10O2.C4H10.C2H6/c1-8(11)2-3-9-4-6-10(12)7-5-9;1-3-4-2;1-2/h2-7,12H,1H3;3-4H2,1-2H3;1-2H3/b3-2+;;. The Bertz CT molecular complexity index is 321. The number of phenols is 1. The maximum atomic E-state index is 10.5. The summed E-state index contributed by atoms with van der Waals surface area (Å²) in [5.74, 6) is 0.248. The van der Waals surface area contributed by atoms with Gasteiger partial charge in [0, 0.05) is 0 Å². The van der Waals surface area contributed by atoms with Gasteiger partial charge in [-0.2, -0.15) is 0 Å². The van der Waals surface area contributed by atoms with Crippen molar-refractivity contribution < 1.29 is 9.90 Å². The van der Waals surface area contributed by atoms with Crippen LogP contribution >= 0.6 is 0 Å². The van der Waals surface area contributed by atoms with E-state index in [9.17, 15) is 4.79 Å². The number of ketones is 1. The average molecular weight is 250 g/mol. The SMILES string of the molecule is CC.CC(=O)/C=C/c1ccc(O)cc1.CCCC.